The largest absolute Gasteiger partial charge is 0.310 e. The fourth-order valence-corrected chi connectivity index (χ4v) is 12.2. The number of anilines is 6. The number of para-hydroxylation sites is 2. The van der Waals surface area contributed by atoms with Crippen LogP contribution in [0.5, 0.6) is 0 Å². The van der Waals surface area contributed by atoms with Crippen LogP contribution in [0.4, 0.5) is 34.1 Å². The van der Waals surface area contributed by atoms with E-state index in [-0.39, 0.29) is 10.8 Å². The Bertz CT molecular complexity index is 2700. The maximum atomic E-state index is 2.55. The van der Waals surface area contributed by atoms with Crippen LogP contribution in [0.3, 0.4) is 0 Å². The molecular formula is C58H50N2. The highest BCUT2D eigenvalue weighted by atomic mass is 15.2. The average molecular weight is 775 g/mol. The Labute approximate surface area is 354 Å². The summed E-state index contributed by atoms with van der Waals surface area (Å²) in [7, 11) is 0. The lowest BCUT2D eigenvalue weighted by molar-refractivity contribution is 0.353. The standard InChI is InChI=1S/C58H50N2/c1-5-19-41(20-6-1)59(43-29-31-47-45-23-11-13-27-51(45)57(53(47)39-43)35-15-3-16-36-57)55-33-34-56(50-26-10-9-25-49(50)55)60(42-21-7-2-8-22-42)44-30-32-48-46-24-12-14-28-52(46)58(54(48)40-44)37-17-4-18-38-58/h1-2,5-14,19-34,39-40H,3-4,15-18,35-38H2. The lowest BCUT2D eigenvalue weighted by atomic mass is 9.68. The van der Waals surface area contributed by atoms with Crippen LogP contribution in [0.25, 0.3) is 33.0 Å². The molecule has 0 aliphatic heterocycles. The number of benzene rings is 8. The van der Waals surface area contributed by atoms with Gasteiger partial charge in [0.25, 0.3) is 0 Å². The van der Waals surface area contributed by atoms with E-state index in [0.717, 1.165) is 0 Å². The Hall–Kier alpha value is -6.38. The maximum Gasteiger partial charge on any atom is 0.0541 e. The van der Waals surface area contributed by atoms with Crippen molar-refractivity contribution in [3.05, 3.63) is 204 Å². The predicted octanol–water partition coefficient (Wildman–Crippen LogP) is 16.2. The molecule has 0 aromatic heterocycles. The summed E-state index contributed by atoms with van der Waals surface area (Å²) in [6, 6.07) is 69.0. The minimum atomic E-state index is 0.0814. The van der Waals surface area contributed by atoms with Gasteiger partial charge in [-0.15, -0.1) is 0 Å². The van der Waals surface area contributed by atoms with Crippen LogP contribution in [0.15, 0.2) is 182 Å². The van der Waals surface area contributed by atoms with Gasteiger partial charge in [-0.05, 0) is 131 Å². The predicted molar refractivity (Wildman–Crippen MR) is 252 cm³/mol. The SMILES string of the molecule is c1ccc(N(c2ccc3c(c2)C2(CCCCC2)c2ccccc2-3)c2ccc(N(c3ccccc3)c3ccc4c(c3)C3(CCCCC3)c3ccccc3-4)c3ccccc23)cc1. The number of hydrogen-bond donors (Lipinski definition) is 0. The summed E-state index contributed by atoms with van der Waals surface area (Å²) in [4.78, 5) is 5.02. The molecule has 0 bridgehead atoms. The molecule has 0 radical (unpaired) electrons. The molecule has 292 valence electrons. The molecule has 4 aliphatic rings. The second kappa shape index (κ2) is 14.1. The summed E-state index contributed by atoms with van der Waals surface area (Å²) in [6.45, 7) is 0. The van der Waals surface area contributed by atoms with Gasteiger partial charge in [0.2, 0.25) is 0 Å². The highest BCUT2D eigenvalue weighted by molar-refractivity contribution is 6.07. The van der Waals surface area contributed by atoms with Crippen LogP contribution in [-0.4, -0.2) is 0 Å². The van der Waals surface area contributed by atoms with Crippen molar-refractivity contribution in [1.29, 1.82) is 0 Å². The molecule has 0 unspecified atom stereocenters. The van der Waals surface area contributed by atoms with Crippen molar-refractivity contribution in [1.82, 2.24) is 0 Å². The summed E-state index contributed by atoms with van der Waals surface area (Å²) in [5, 5.41) is 2.46. The second-order valence-corrected chi connectivity index (χ2v) is 17.8. The Morgan fingerprint density at radius 1 is 0.283 bits per heavy atom. The Morgan fingerprint density at radius 3 is 1.08 bits per heavy atom. The molecule has 8 aromatic carbocycles. The number of nitrogens with zero attached hydrogens (tertiary/aromatic N) is 2. The average Bonchev–Trinajstić information content (AvgIpc) is 3.73. The highest BCUT2D eigenvalue weighted by Gasteiger charge is 2.45. The van der Waals surface area contributed by atoms with E-state index < -0.39 is 0 Å². The van der Waals surface area contributed by atoms with E-state index in [1.165, 1.54) is 154 Å². The van der Waals surface area contributed by atoms with Crippen molar-refractivity contribution in [3.8, 4) is 22.3 Å². The third kappa shape index (κ3) is 5.32. The first-order valence-electron chi connectivity index (χ1n) is 22.4. The van der Waals surface area contributed by atoms with Gasteiger partial charge in [-0.3, -0.25) is 0 Å². The van der Waals surface area contributed by atoms with E-state index in [1.807, 2.05) is 0 Å². The zero-order valence-electron chi connectivity index (χ0n) is 34.3. The van der Waals surface area contributed by atoms with E-state index in [0.29, 0.717) is 0 Å². The number of rotatable bonds is 6. The van der Waals surface area contributed by atoms with Gasteiger partial charge in [-0.25, -0.2) is 0 Å². The van der Waals surface area contributed by atoms with Crippen molar-refractivity contribution in [2.75, 3.05) is 9.80 Å². The normalized spacial score (nSPS) is 16.6. The highest BCUT2D eigenvalue weighted by Crippen LogP contribution is 2.59. The molecule has 2 saturated carbocycles. The van der Waals surface area contributed by atoms with Gasteiger partial charge in [0, 0.05) is 44.4 Å². The van der Waals surface area contributed by atoms with Gasteiger partial charge in [0.15, 0.2) is 0 Å². The third-order valence-corrected chi connectivity index (χ3v) is 14.8. The van der Waals surface area contributed by atoms with Gasteiger partial charge >= 0.3 is 0 Å². The summed E-state index contributed by atoms with van der Waals surface area (Å²) >= 11 is 0. The lowest BCUT2D eigenvalue weighted by Crippen LogP contribution is -2.28. The smallest absolute Gasteiger partial charge is 0.0541 e. The fraction of sp³-hybridized carbons (Fsp3) is 0.207. The van der Waals surface area contributed by atoms with Crippen molar-refractivity contribution in [2.45, 2.75) is 75.0 Å². The van der Waals surface area contributed by atoms with Gasteiger partial charge in [0.1, 0.15) is 0 Å². The van der Waals surface area contributed by atoms with Gasteiger partial charge in [0.05, 0.1) is 11.4 Å². The summed E-state index contributed by atoms with van der Waals surface area (Å²) in [6.07, 6.45) is 12.6. The van der Waals surface area contributed by atoms with E-state index >= 15 is 0 Å². The van der Waals surface area contributed by atoms with Crippen molar-refractivity contribution in [3.63, 3.8) is 0 Å². The Morgan fingerprint density at radius 2 is 0.650 bits per heavy atom. The molecule has 2 fully saturated rings. The number of fused-ring (bicyclic) bond motifs is 11. The van der Waals surface area contributed by atoms with Crippen molar-refractivity contribution >= 4 is 44.9 Å². The van der Waals surface area contributed by atoms with E-state index in [4.69, 9.17) is 0 Å². The first kappa shape index (κ1) is 35.6. The zero-order chi connectivity index (χ0) is 39.7. The summed E-state index contributed by atoms with van der Waals surface area (Å²) in [5.41, 5.74) is 19.0. The van der Waals surface area contributed by atoms with Crippen LogP contribution < -0.4 is 9.80 Å². The summed E-state index contributed by atoms with van der Waals surface area (Å²) < 4.78 is 0. The minimum absolute atomic E-state index is 0.0814. The van der Waals surface area contributed by atoms with Crippen LogP contribution >= 0.6 is 0 Å². The quantitative estimate of drug-likeness (QED) is 0.166. The molecule has 2 spiro atoms. The molecule has 12 rings (SSSR count). The van der Waals surface area contributed by atoms with Crippen LogP contribution in [0.2, 0.25) is 0 Å². The maximum absolute atomic E-state index is 2.55. The Kier molecular flexibility index (Phi) is 8.37. The van der Waals surface area contributed by atoms with E-state index in [9.17, 15) is 0 Å². The lowest BCUT2D eigenvalue weighted by Gasteiger charge is -2.37. The monoisotopic (exact) mass is 774 g/mol. The molecule has 0 amide bonds. The van der Waals surface area contributed by atoms with Crippen molar-refractivity contribution in [2.24, 2.45) is 0 Å². The molecule has 0 saturated heterocycles. The minimum Gasteiger partial charge on any atom is -0.310 e. The second-order valence-electron chi connectivity index (χ2n) is 17.8. The zero-order valence-corrected chi connectivity index (χ0v) is 34.3. The molecule has 2 nitrogen and oxygen atoms in total. The molecule has 0 heterocycles. The van der Waals surface area contributed by atoms with E-state index in [2.05, 4.69) is 192 Å². The van der Waals surface area contributed by atoms with Gasteiger partial charge < -0.3 is 9.80 Å². The van der Waals surface area contributed by atoms with Gasteiger partial charge in [-0.2, -0.15) is 0 Å². The van der Waals surface area contributed by atoms with Crippen molar-refractivity contribution < 1.29 is 0 Å². The van der Waals surface area contributed by atoms with Crippen LogP contribution in [0.1, 0.15) is 86.5 Å². The third-order valence-electron chi connectivity index (χ3n) is 14.8. The molecule has 0 atom stereocenters. The molecule has 60 heavy (non-hydrogen) atoms. The topological polar surface area (TPSA) is 6.48 Å². The molecule has 0 N–H and O–H groups in total. The molecule has 4 aliphatic carbocycles. The summed E-state index contributed by atoms with van der Waals surface area (Å²) in [5.74, 6) is 0. The molecule has 8 aromatic rings. The van der Waals surface area contributed by atoms with E-state index in [1.54, 1.807) is 0 Å². The van der Waals surface area contributed by atoms with Gasteiger partial charge in [-0.1, -0.05) is 160 Å². The van der Waals surface area contributed by atoms with Crippen LogP contribution in [-0.2, 0) is 10.8 Å². The molecular weight excluding hydrogens is 725 g/mol. The first-order chi connectivity index (χ1) is 29.7. The fourth-order valence-electron chi connectivity index (χ4n) is 12.2. The first-order valence-corrected chi connectivity index (χ1v) is 22.4. The molecule has 2 heteroatoms. The van der Waals surface area contributed by atoms with Crippen LogP contribution in [0, 0.1) is 0 Å². The number of hydrogen-bond acceptors (Lipinski definition) is 2. The Balaban J connectivity index is 1.04.